The first-order valence-electron chi connectivity index (χ1n) is 9.97. The van der Waals surface area contributed by atoms with Crippen molar-refractivity contribution in [1.29, 1.82) is 0 Å². The number of amides is 1. The number of ether oxygens (including phenoxy) is 1. The second-order valence-electron chi connectivity index (χ2n) is 7.21. The molecule has 1 amide bonds. The van der Waals surface area contributed by atoms with Crippen LogP contribution in [0.2, 0.25) is 0 Å². The summed E-state index contributed by atoms with van der Waals surface area (Å²) in [5, 5.41) is 13.6. The van der Waals surface area contributed by atoms with Crippen LogP contribution in [0.25, 0.3) is 32.9 Å². The highest BCUT2D eigenvalue weighted by Gasteiger charge is 2.20. The van der Waals surface area contributed by atoms with E-state index in [1.54, 1.807) is 19.4 Å². The molecule has 2 heterocycles. The maximum atomic E-state index is 12.9. The molecule has 2 N–H and O–H groups in total. The smallest absolute Gasteiger partial charge is 0.255 e. The molecule has 0 aliphatic rings. The number of carbonyl (C=O) groups is 1. The number of nitrogens with zero attached hydrogens (tertiary/aromatic N) is 2. The maximum absolute atomic E-state index is 12.9. The van der Waals surface area contributed by atoms with Crippen LogP contribution in [0.5, 0.6) is 5.75 Å². The van der Waals surface area contributed by atoms with E-state index in [0.29, 0.717) is 17.9 Å². The fraction of sp³-hybridized carbons (Fsp3) is 0.0800. The van der Waals surface area contributed by atoms with Crippen LogP contribution in [0.1, 0.15) is 16.1 Å². The third-order valence-electron chi connectivity index (χ3n) is 5.31. The summed E-state index contributed by atoms with van der Waals surface area (Å²) in [4.78, 5) is 17.2. The zero-order chi connectivity index (χ0) is 21.2. The van der Waals surface area contributed by atoms with Crippen LogP contribution in [-0.4, -0.2) is 28.2 Å². The summed E-state index contributed by atoms with van der Waals surface area (Å²) >= 11 is 0. The summed E-state index contributed by atoms with van der Waals surface area (Å²) in [7, 11) is 1.57. The fourth-order valence-corrected chi connectivity index (χ4v) is 3.79. The number of hydrogen-bond donors (Lipinski definition) is 2. The van der Waals surface area contributed by atoms with Crippen molar-refractivity contribution in [2.75, 3.05) is 7.11 Å². The summed E-state index contributed by atoms with van der Waals surface area (Å²) in [5.41, 5.74) is 3.75. The Kier molecular flexibility index (Phi) is 4.80. The van der Waals surface area contributed by atoms with E-state index < -0.39 is 0 Å². The van der Waals surface area contributed by atoms with Gasteiger partial charge in [-0.1, -0.05) is 42.5 Å². The second-order valence-corrected chi connectivity index (χ2v) is 7.21. The molecule has 6 nitrogen and oxygen atoms in total. The first-order valence-corrected chi connectivity index (χ1v) is 9.97. The van der Waals surface area contributed by atoms with Gasteiger partial charge in [-0.15, -0.1) is 0 Å². The van der Waals surface area contributed by atoms with Gasteiger partial charge in [0.15, 0.2) is 0 Å². The van der Waals surface area contributed by atoms with Crippen LogP contribution in [-0.2, 0) is 6.54 Å². The lowest BCUT2D eigenvalue weighted by Gasteiger charge is -2.11. The highest BCUT2D eigenvalue weighted by atomic mass is 16.5. The topological polar surface area (TPSA) is 79.9 Å². The van der Waals surface area contributed by atoms with Gasteiger partial charge >= 0.3 is 0 Å². The van der Waals surface area contributed by atoms with Crippen LogP contribution in [0.15, 0.2) is 79.0 Å². The molecule has 5 rings (SSSR count). The fourth-order valence-electron chi connectivity index (χ4n) is 3.79. The molecule has 2 aromatic heterocycles. The minimum absolute atomic E-state index is 0.227. The number of hydrogen-bond acceptors (Lipinski definition) is 4. The van der Waals surface area contributed by atoms with Gasteiger partial charge in [-0.05, 0) is 41.1 Å². The Balaban J connectivity index is 1.55. The summed E-state index contributed by atoms with van der Waals surface area (Å²) in [6.45, 7) is 0.337. The first kappa shape index (κ1) is 18.8. The molecule has 0 unspecified atom stereocenters. The van der Waals surface area contributed by atoms with E-state index in [1.165, 1.54) is 0 Å². The van der Waals surface area contributed by atoms with Crippen molar-refractivity contribution in [3.63, 3.8) is 0 Å². The minimum atomic E-state index is -0.227. The Morgan fingerprint density at radius 1 is 1.00 bits per heavy atom. The molecule has 0 aliphatic heterocycles. The number of aromatic nitrogens is 3. The minimum Gasteiger partial charge on any atom is -0.495 e. The second kappa shape index (κ2) is 7.91. The Bertz CT molecular complexity index is 1390. The van der Waals surface area contributed by atoms with Crippen molar-refractivity contribution < 1.29 is 9.53 Å². The monoisotopic (exact) mass is 408 g/mol. The predicted molar refractivity (Wildman–Crippen MR) is 121 cm³/mol. The number of rotatable bonds is 5. The molecule has 0 saturated carbocycles. The van der Waals surface area contributed by atoms with Gasteiger partial charge in [-0.2, -0.15) is 5.10 Å². The summed E-state index contributed by atoms with van der Waals surface area (Å²) in [6.07, 6.45) is 1.70. The maximum Gasteiger partial charge on any atom is 0.255 e. The summed E-state index contributed by atoms with van der Waals surface area (Å²) in [5.74, 6) is 0.267. The molecule has 31 heavy (non-hydrogen) atoms. The molecule has 0 radical (unpaired) electrons. The van der Waals surface area contributed by atoms with Crippen molar-refractivity contribution in [3.05, 3.63) is 90.3 Å². The summed E-state index contributed by atoms with van der Waals surface area (Å²) in [6, 6.07) is 23.6. The average molecular weight is 408 g/mol. The quantitative estimate of drug-likeness (QED) is 0.441. The van der Waals surface area contributed by atoms with E-state index in [2.05, 4.69) is 44.8 Å². The number of aromatic amines is 1. The van der Waals surface area contributed by atoms with E-state index in [-0.39, 0.29) is 5.91 Å². The lowest BCUT2D eigenvalue weighted by molar-refractivity contribution is 0.0947. The van der Waals surface area contributed by atoms with Gasteiger partial charge in [0, 0.05) is 11.8 Å². The molecule has 0 atom stereocenters. The van der Waals surface area contributed by atoms with Gasteiger partial charge < -0.3 is 10.1 Å². The van der Waals surface area contributed by atoms with Gasteiger partial charge in [0.1, 0.15) is 11.4 Å². The highest BCUT2D eigenvalue weighted by molar-refractivity contribution is 6.07. The molecule has 0 saturated heterocycles. The van der Waals surface area contributed by atoms with Gasteiger partial charge in [0.25, 0.3) is 5.91 Å². The SMILES string of the molecule is COc1c(C(=O)NCc2ccccn2)ccc2[nH]nc(-c3ccc4ccccc4c3)c12. The molecule has 0 fully saturated rings. The average Bonchev–Trinajstić information content (AvgIpc) is 3.26. The molecule has 3 aromatic carbocycles. The predicted octanol–water partition coefficient (Wildman–Crippen LogP) is 4.72. The third-order valence-corrected chi connectivity index (χ3v) is 5.31. The first-order chi connectivity index (χ1) is 15.2. The Morgan fingerprint density at radius 2 is 1.84 bits per heavy atom. The number of nitrogens with one attached hydrogen (secondary N) is 2. The lowest BCUT2D eigenvalue weighted by Crippen LogP contribution is -2.23. The van der Waals surface area contributed by atoms with Crippen molar-refractivity contribution in [2.45, 2.75) is 6.54 Å². The number of H-pyrrole nitrogens is 1. The van der Waals surface area contributed by atoms with Crippen molar-refractivity contribution in [3.8, 4) is 17.0 Å². The van der Waals surface area contributed by atoms with Crippen LogP contribution in [0, 0.1) is 0 Å². The Labute approximate surface area is 178 Å². The number of benzene rings is 3. The molecular weight excluding hydrogens is 388 g/mol. The molecule has 0 aliphatic carbocycles. The van der Waals surface area contributed by atoms with Crippen molar-refractivity contribution >= 4 is 27.6 Å². The summed E-state index contributed by atoms with van der Waals surface area (Å²) < 4.78 is 5.70. The van der Waals surface area contributed by atoms with E-state index >= 15 is 0 Å². The van der Waals surface area contributed by atoms with Gasteiger partial charge in [-0.25, -0.2) is 0 Å². The highest BCUT2D eigenvalue weighted by Crippen LogP contribution is 2.37. The number of pyridine rings is 1. The van der Waals surface area contributed by atoms with E-state index in [0.717, 1.165) is 38.6 Å². The van der Waals surface area contributed by atoms with Gasteiger partial charge in [-0.3, -0.25) is 14.9 Å². The molecule has 6 heteroatoms. The normalized spacial score (nSPS) is 11.0. The van der Waals surface area contributed by atoms with E-state index in [1.807, 2.05) is 42.5 Å². The molecule has 0 bridgehead atoms. The number of methoxy groups -OCH3 is 1. The van der Waals surface area contributed by atoms with Crippen molar-refractivity contribution in [1.82, 2.24) is 20.5 Å². The Morgan fingerprint density at radius 3 is 2.65 bits per heavy atom. The standard InChI is InChI=1S/C25H20N4O2/c1-31-24-20(25(30)27-15-19-8-4-5-13-26-19)11-12-21-22(24)23(29-28-21)18-10-9-16-6-2-3-7-17(16)14-18/h2-14H,15H2,1H3,(H,27,30)(H,28,29). The van der Waals surface area contributed by atoms with Crippen LogP contribution in [0.4, 0.5) is 0 Å². The largest absolute Gasteiger partial charge is 0.495 e. The lowest BCUT2D eigenvalue weighted by atomic mass is 10.0. The third kappa shape index (κ3) is 3.48. The van der Waals surface area contributed by atoms with E-state index in [9.17, 15) is 4.79 Å². The zero-order valence-corrected chi connectivity index (χ0v) is 16.9. The molecule has 152 valence electrons. The van der Waals surface area contributed by atoms with Gasteiger partial charge in [0.05, 0.1) is 35.8 Å². The number of carbonyl (C=O) groups excluding carboxylic acids is 1. The molecule has 0 spiro atoms. The van der Waals surface area contributed by atoms with Crippen LogP contribution in [0.3, 0.4) is 0 Å². The Hall–Kier alpha value is -4.19. The van der Waals surface area contributed by atoms with Gasteiger partial charge in [0.2, 0.25) is 0 Å². The molecule has 5 aromatic rings. The van der Waals surface area contributed by atoms with E-state index in [4.69, 9.17) is 4.74 Å². The van der Waals surface area contributed by atoms with Crippen LogP contribution >= 0.6 is 0 Å². The number of fused-ring (bicyclic) bond motifs is 2. The molecular formula is C25H20N4O2. The van der Waals surface area contributed by atoms with Crippen LogP contribution < -0.4 is 10.1 Å². The zero-order valence-electron chi connectivity index (χ0n) is 16.9. The van der Waals surface area contributed by atoms with Crippen molar-refractivity contribution in [2.24, 2.45) is 0 Å².